The van der Waals surface area contributed by atoms with E-state index in [-0.39, 0.29) is 24.4 Å². The van der Waals surface area contributed by atoms with E-state index in [9.17, 15) is 4.79 Å². The van der Waals surface area contributed by atoms with E-state index in [0.29, 0.717) is 23.0 Å². The fourth-order valence-corrected chi connectivity index (χ4v) is 2.15. The Hall–Kier alpha value is -1.36. The van der Waals surface area contributed by atoms with Crippen molar-refractivity contribution in [3.63, 3.8) is 0 Å². The molecule has 1 unspecified atom stereocenters. The highest BCUT2D eigenvalue weighted by Gasteiger charge is 2.12. The van der Waals surface area contributed by atoms with Crippen LogP contribution in [0.25, 0.3) is 11.0 Å². The van der Waals surface area contributed by atoms with Crippen LogP contribution in [-0.2, 0) is 6.42 Å². The average Bonchev–Trinajstić information content (AvgIpc) is 2.31. The van der Waals surface area contributed by atoms with E-state index >= 15 is 0 Å². The Labute approximate surface area is 117 Å². The van der Waals surface area contributed by atoms with Crippen molar-refractivity contribution in [2.45, 2.75) is 26.3 Å². The van der Waals surface area contributed by atoms with Crippen molar-refractivity contribution in [1.29, 1.82) is 0 Å². The van der Waals surface area contributed by atoms with Gasteiger partial charge in [0.05, 0.1) is 18.3 Å². The van der Waals surface area contributed by atoms with E-state index in [1.54, 1.807) is 0 Å². The second-order valence-corrected chi connectivity index (χ2v) is 4.69. The Morgan fingerprint density at radius 2 is 2.05 bits per heavy atom. The molecule has 0 fully saturated rings. The molecule has 19 heavy (non-hydrogen) atoms. The Morgan fingerprint density at radius 3 is 2.68 bits per heavy atom. The minimum atomic E-state index is -0.434. The smallest absolute Gasteiger partial charge is 0.196 e. The molecule has 0 radical (unpaired) electrons. The molecule has 0 aliphatic carbocycles. The largest absolute Gasteiger partial charge is 0.464 e. The molecule has 0 aliphatic rings. The van der Waals surface area contributed by atoms with Crippen molar-refractivity contribution in [2.24, 2.45) is 5.73 Å². The minimum Gasteiger partial charge on any atom is -0.464 e. The molecule has 5 heteroatoms. The van der Waals surface area contributed by atoms with E-state index in [1.165, 1.54) is 6.26 Å². The maximum absolute atomic E-state index is 12.3. The Balaban J connectivity index is 0.00000180. The van der Waals surface area contributed by atoms with E-state index in [1.807, 2.05) is 26.0 Å². The summed E-state index contributed by atoms with van der Waals surface area (Å²) in [4.78, 5) is 12.3. The van der Waals surface area contributed by atoms with Crippen molar-refractivity contribution in [3.05, 3.63) is 45.3 Å². The van der Waals surface area contributed by atoms with Crippen LogP contribution in [0.5, 0.6) is 0 Å². The zero-order valence-electron chi connectivity index (χ0n) is 11.0. The van der Waals surface area contributed by atoms with Gasteiger partial charge in [0.1, 0.15) is 5.58 Å². The molecule has 0 saturated heterocycles. The highest BCUT2D eigenvalue weighted by atomic mass is 35.5. The number of rotatable bonds is 3. The summed E-state index contributed by atoms with van der Waals surface area (Å²) in [6.45, 7) is 3.70. The second-order valence-electron chi connectivity index (χ2n) is 4.69. The maximum atomic E-state index is 12.3. The van der Waals surface area contributed by atoms with Gasteiger partial charge in [0.2, 0.25) is 0 Å². The summed E-state index contributed by atoms with van der Waals surface area (Å²) in [6, 6.07) is 3.37. The van der Waals surface area contributed by atoms with Crippen LogP contribution in [0.3, 0.4) is 0 Å². The standard InChI is InChI=1S/C14H17NO3.ClH/c1-8-3-9(2)13-12(4-8)18-7-10(14(13)17)5-11(15)6-16;/h3-4,7,11,16H,5-6,15H2,1-2H3;1H. The number of fused-ring (bicyclic) bond motifs is 1. The lowest BCUT2D eigenvalue weighted by Gasteiger charge is -2.09. The quantitative estimate of drug-likeness (QED) is 0.899. The molecule has 1 aromatic carbocycles. The van der Waals surface area contributed by atoms with Crippen molar-refractivity contribution < 1.29 is 9.52 Å². The van der Waals surface area contributed by atoms with Gasteiger partial charge in [-0.15, -0.1) is 12.4 Å². The van der Waals surface area contributed by atoms with Gasteiger partial charge in [-0.25, -0.2) is 0 Å². The van der Waals surface area contributed by atoms with E-state index < -0.39 is 6.04 Å². The van der Waals surface area contributed by atoms with Crippen LogP contribution in [0.4, 0.5) is 0 Å². The Bertz CT molecular complexity index is 636. The number of benzene rings is 1. The molecule has 0 bridgehead atoms. The zero-order chi connectivity index (χ0) is 13.3. The number of halogens is 1. The van der Waals surface area contributed by atoms with Gasteiger partial charge in [0.15, 0.2) is 5.43 Å². The van der Waals surface area contributed by atoms with Gasteiger partial charge >= 0.3 is 0 Å². The Morgan fingerprint density at radius 1 is 1.37 bits per heavy atom. The first-order valence-electron chi connectivity index (χ1n) is 5.91. The van der Waals surface area contributed by atoms with Crippen molar-refractivity contribution in [1.82, 2.24) is 0 Å². The highest BCUT2D eigenvalue weighted by Crippen LogP contribution is 2.18. The molecule has 1 atom stereocenters. The normalized spacial score (nSPS) is 12.2. The number of aryl methyl sites for hydroxylation is 2. The summed E-state index contributed by atoms with van der Waals surface area (Å²) in [5, 5.41) is 9.53. The van der Waals surface area contributed by atoms with Crippen molar-refractivity contribution in [2.75, 3.05) is 6.61 Å². The molecule has 0 aliphatic heterocycles. The highest BCUT2D eigenvalue weighted by molar-refractivity contribution is 5.85. The van der Waals surface area contributed by atoms with Crippen LogP contribution in [0.15, 0.2) is 27.6 Å². The topological polar surface area (TPSA) is 76.5 Å². The molecule has 4 nitrogen and oxygen atoms in total. The van der Waals surface area contributed by atoms with Gasteiger partial charge in [-0.3, -0.25) is 4.79 Å². The van der Waals surface area contributed by atoms with Crippen LogP contribution >= 0.6 is 12.4 Å². The molecule has 0 amide bonds. The summed E-state index contributed by atoms with van der Waals surface area (Å²) < 4.78 is 5.49. The molecule has 0 spiro atoms. The summed E-state index contributed by atoms with van der Waals surface area (Å²) in [6.07, 6.45) is 1.77. The Kier molecular flexibility index (Phi) is 5.11. The number of nitrogens with two attached hydrogens (primary N) is 1. The lowest BCUT2D eigenvalue weighted by Crippen LogP contribution is -2.29. The zero-order valence-corrected chi connectivity index (χ0v) is 11.8. The second kappa shape index (κ2) is 6.19. The van der Waals surface area contributed by atoms with Gasteiger partial charge in [-0.1, -0.05) is 6.07 Å². The van der Waals surface area contributed by atoms with Crippen LogP contribution in [0.1, 0.15) is 16.7 Å². The number of aliphatic hydroxyl groups is 1. The molecule has 2 aromatic rings. The molecule has 3 N–H and O–H groups in total. The van der Waals surface area contributed by atoms with Crippen molar-refractivity contribution in [3.8, 4) is 0 Å². The van der Waals surface area contributed by atoms with Crippen LogP contribution < -0.4 is 11.2 Å². The lowest BCUT2D eigenvalue weighted by atomic mass is 10.0. The summed E-state index contributed by atoms with van der Waals surface area (Å²) >= 11 is 0. The SMILES string of the molecule is Cc1cc(C)c2c(=O)c(CC(N)CO)coc2c1.Cl. The summed E-state index contributed by atoms with van der Waals surface area (Å²) in [5.74, 6) is 0. The number of hydrogen-bond acceptors (Lipinski definition) is 4. The van der Waals surface area contributed by atoms with Crippen molar-refractivity contribution >= 4 is 23.4 Å². The molecule has 104 valence electrons. The van der Waals surface area contributed by atoms with Crippen LogP contribution in [0, 0.1) is 13.8 Å². The molecule has 0 saturated carbocycles. The molecular weight excluding hydrogens is 266 g/mol. The van der Waals surface area contributed by atoms with E-state index in [4.69, 9.17) is 15.3 Å². The van der Waals surface area contributed by atoms with Crippen LogP contribution in [0.2, 0.25) is 0 Å². The van der Waals surface area contributed by atoms with Gasteiger partial charge in [0.25, 0.3) is 0 Å². The summed E-state index contributed by atoms with van der Waals surface area (Å²) in [5.41, 5.74) is 8.66. The first kappa shape index (κ1) is 15.7. The summed E-state index contributed by atoms with van der Waals surface area (Å²) in [7, 11) is 0. The van der Waals surface area contributed by atoms with Gasteiger partial charge < -0.3 is 15.3 Å². The molecular formula is C14H18ClNO3. The monoisotopic (exact) mass is 283 g/mol. The van der Waals surface area contributed by atoms with Gasteiger partial charge in [-0.05, 0) is 37.5 Å². The predicted molar refractivity (Wildman–Crippen MR) is 78.0 cm³/mol. The molecule has 1 aromatic heterocycles. The third-order valence-electron chi connectivity index (χ3n) is 3.01. The number of aliphatic hydroxyl groups excluding tert-OH is 1. The molecule has 1 heterocycles. The van der Waals surface area contributed by atoms with Crippen LogP contribution in [-0.4, -0.2) is 17.8 Å². The third kappa shape index (κ3) is 3.15. The first-order valence-corrected chi connectivity index (χ1v) is 5.91. The fraction of sp³-hybridized carbons (Fsp3) is 0.357. The van der Waals surface area contributed by atoms with Gasteiger partial charge in [0, 0.05) is 11.6 Å². The first-order chi connectivity index (χ1) is 8.52. The molecule has 2 rings (SSSR count). The van der Waals surface area contributed by atoms with E-state index in [2.05, 4.69) is 0 Å². The van der Waals surface area contributed by atoms with E-state index in [0.717, 1.165) is 11.1 Å². The minimum absolute atomic E-state index is 0. The maximum Gasteiger partial charge on any atom is 0.196 e. The average molecular weight is 284 g/mol. The third-order valence-corrected chi connectivity index (χ3v) is 3.01. The van der Waals surface area contributed by atoms with Gasteiger partial charge in [-0.2, -0.15) is 0 Å². The number of hydrogen-bond donors (Lipinski definition) is 2. The lowest BCUT2D eigenvalue weighted by molar-refractivity contribution is 0.265. The predicted octanol–water partition coefficient (Wildman–Crippen LogP) is 1.69. The fourth-order valence-electron chi connectivity index (χ4n) is 2.15.